The summed E-state index contributed by atoms with van der Waals surface area (Å²) in [5.41, 5.74) is 0.525. The van der Waals surface area contributed by atoms with E-state index < -0.39 is 0 Å². The Morgan fingerprint density at radius 2 is 1.88 bits per heavy atom. The van der Waals surface area contributed by atoms with Gasteiger partial charge in [-0.1, -0.05) is 35.5 Å². The summed E-state index contributed by atoms with van der Waals surface area (Å²) < 4.78 is 0. The monoisotopic (exact) mass is 261 g/mol. The molecule has 0 saturated carbocycles. The first kappa shape index (κ1) is 11.8. The number of para-hydroxylation sites is 1. The molecule has 1 N–H and O–H groups in total. The second kappa shape index (κ2) is 5.13. The minimum absolute atomic E-state index is 0.220. The van der Waals surface area contributed by atoms with Crippen LogP contribution in [0.5, 0.6) is 5.75 Å². The maximum absolute atomic E-state index is 9.65. The van der Waals surface area contributed by atoms with Crippen molar-refractivity contribution in [2.45, 2.75) is 9.79 Å². The zero-order valence-corrected chi connectivity index (χ0v) is 10.3. The van der Waals surface area contributed by atoms with Crippen molar-refractivity contribution in [2.75, 3.05) is 0 Å². The van der Waals surface area contributed by atoms with Gasteiger partial charge >= 0.3 is 0 Å². The smallest absolute Gasteiger partial charge is 0.129 e. The minimum Gasteiger partial charge on any atom is -0.507 e. The fourth-order valence-electron chi connectivity index (χ4n) is 1.32. The number of phenolic OH excluding ortho intramolecular Hbond substituents is 1. The first-order valence-electron chi connectivity index (χ1n) is 4.86. The number of benzene rings is 2. The minimum atomic E-state index is 0.220. The van der Waals surface area contributed by atoms with E-state index in [0.29, 0.717) is 10.6 Å². The van der Waals surface area contributed by atoms with Gasteiger partial charge in [0.25, 0.3) is 0 Å². The number of nitrogens with zero attached hydrogens (tertiary/aromatic N) is 1. The highest BCUT2D eigenvalue weighted by atomic mass is 35.5. The third kappa shape index (κ3) is 2.73. The fraction of sp³-hybridized carbons (Fsp3) is 0. The van der Waals surface area contributed by atoms with Crippen LogP contribution >= 0.6 is 23.4 Å². The molecule has 84 valence electrons. The van der Waals surface area contributed by atoms with E-state index in [4.69, 9.17) is 16.9 Å². The molecular formula is C13H8ClNOS. The average molecular weight is 262 g/mol. The molecule has 0 aliphatic carbocycles. The van der Waals surface area contributed by atoms with Gasteiger partial charge < -0.3 is 5.11 Å². The van der Waals surface area contributed by atoms with Crippen LogP contribution in [0, 0.1) is 11.3 Å². The third-order valence-electron chi connectivity index (χ3n) is 2.15. The molecule has 0 fully saturated rings. The predicted octanol–water partition coefficient (Wildman–Crippen LogP) is 4.07. The summed E-state index contributed by atoms with van der Waals surface area (Å²) in [5.74, 6) is 0.220. The van der Waals surface area contributed by atoms with E-state index in [1.807, 2.05) is 18.2 Å². The van der Waals surface area contributed by atoms with Crippen LogP contribution in [0.25, 0.3) is 0 Å². The van der Waals surface area contributed by atoms with Gasteiger partial charge in [0.1, 0.15) is 5.75 Å². The molecule has 2 aromatic carbocycles. The Morgan fingerprint density at radius 3 is 2.53 bits per heavy atom. The number of hydrogen-bond acceptors (Lipinski definition) is 3. The molecule has 0 aliphatic heterocycles. The lowest BCUT2D eigenvalue weighted by Crippen LogP contribution is -1.79. The zero-order chi connectivity index (χ0) is 12.3. The van der Waals surface area contributed by atoms with Gasteiger partial charge in [0, 0.05) is 4.90 Å². The van der Waals surface area contributed by atoms with Crippen LogP contribution in [0.15, 0.2) is 52.3 Å². The Balaban J connectivity index is 2.32. The van der Waals surface area contributed by atoms with Crippen LogP contribution in [-0.4, -0.2) is 5.11 Å². The summed E-state index contributed by atoms with van der Waals surface area (Å²) in [4.78, 5) is 1.55. The Labute approximate surface area is 108 Å². The number of rotatable bonds is 2. The highest BCUT2D eigenvalue weighted by Crippen LogP contribution is 2.37. The van der Waals surface area contributed by atoms with Crippen molar-refractivity contribution in [3.8, 4) is 11.8 Å². The number of halogens is 1. The highest BCUT2D eigenvalue weighted by Gasteiger charge is 2.06. The van der Waals surface area contributed by atoms with Gasteiger partial charge in [0.05, 0.1) is 21.6 Å². The number of hydrogen-bond donors (Lipinski definition) is 1. The summed E-state index contributed by atoms with van der Waals surface area (Å²) in [5, 5.41) is 18.9. The van der Waals surface area contributed by atoms with Crippen LogP contribution in [0.2, 0.25) is 5.02 Å². The average Bonchev–Trinajstić information content (AvgIpc) is 2.34. The van der Waals surface area contributed by atoms with Crippen molar-refractivity contribution in [2.24, 2.45) is 0 Å². The van der Waals surface area contributed by atoms with E-state index in [1.54, 1.807) is 30.3 Å². The Morgan fingerprint density at radius 1 is 1.12 bits per heavy atom. The topological polar surface area (TPSA) is 44.0 Å². The van der Waals surface area contributed by atoms with Crippen molar-refractivity contribution < 1.29 is 5.11 Å². The molecule has 0 heterocycles. The molecule has 17 heavy (non-hydrogen) atoms. The van der Waals surface area contributed by atoms with Crippen molar-refractivity contribution in [3.63, 3.8) is 0 Å². The SMILES string of the molecule is N#Cc1ccc(Sc2ccccc2O)c(Cl)c1. The molecule has 0 amide bonds. The van der Waals surface area contributed by atoms with Crippen molar-refractivity contribution in [1.82, 2.24) is 0 Å². The molecule has 0 atom stereocenters. The van der Waals surface area contributed by atoms with Crippen molar-refractivity contribution in [3.05, 3.63) is 53.1 Å². The second-order valence-corrected chi connectivity index (χ2v) is 4.82. The molecule has 2 rings (SSSR count). The summed E-state index contributed by atoms with van der Waals surface area (Å²) in [6, 6.07) is 14.2. The van der Waals surface area contributed by atoms with Gasteiger partial charge in [-0.25, -0.2) is 0 Å². The van der Waals surface area contributed by atoms with Gasteiger partial charge in [0.15, 0.2) is 0 Å². The standard InChI is InChI=1S/C13H8ClNOS/c14-10-7-9(8-15)5-6-12(10)17-13-4-2-1-3-11(13)16/h1-7,16H. The van der Waals surface area contributed by atoms with E-state index in [2.05, 4.69) is 0 Å². The molecule has 4 heteroatoms. The Hall–Kier alpha value is -1.63. The fourth-order valence-corrected chi connectivity index (χ4v) is 2.46. The molecule has 2 aromatic rings. The molecule has 0 bridgehead atoms. The zero-order valence-electron chi connectivity index (χ0n) is 8.72. The van der Waals surface area contributed by atoms with Gasteiger partial charge in [-0.3, -0.25) is 0 Å². The summed E-state index contributed by atoms with van der Waals surface area (Å²) >= 11 is 7.43. The normalized spacial score (nSPS) is 9.88. The quantitative estimate of drug-likeness (QED) is 0.886. The van der Waals surface area contributed by atoms with E-state index in [9.17, 15) is 5.11 Å². The molecule has 0 spiro atoms. The molecule has 0 aliphatic rings. The first-order chi connectivity index (χ1) is 8.20. The Kier molecular flexibility index (Phi) is 3.58. The first-order valence-corrected chi connectivity index (χ1v) is 6.05. The van der Waals surface area contributed by atoms with Crippen molar-refractivity contribution in [1.29, 1.82) is 5.26 Å². The Bertz CT molecular complexity index is 592. The number of aromatic hydroxyl groups is 1. The van der Waals surface area contributed by atoms with Gasteiger partial charge in [-0.15, -0.1) is 0 Å². The van der Waals surface area contributed by atoms with E-state index in [-0.39, 0.29) is 5.75 Å². The molecule has 2 nitrogen and oxygen atoms in total. The largest absolute Gasteiger partial charge is 0.507 e. The lowest BCUT2D eigenvalue weighted by molar-refractivity contribution is 0.462. The lowest BCUT2D eigenvalue weighted by atomic mass is 10.2. The van der Waals surface area contributed by atoms with E-state index >= 15 is 0 Å². The molecule has 0 aromatic heterocycles. The molecule has 0 unspecified atom stereocenters. The maximum Gasteiger partial charge on any atom is 0.129 e. The summed E-state index contributed by atoms with van der Waals surface area (Å²) in [7, 11) is 0. The maximum atomic E-state index is 9.65. The van der Waals surface area contributed by atoms with Crippen molar-refractivity contribution >= 4 is 23.4 Å². The van der Waals surface area contributed by atoms with Crippen LogP contribution in [0.4, 0.5) is 0 Å². The summed E-state index contributed by atoms with van der Waals surface area (Å²) in [6.45, 7) is 0. The van der Waals surface area contributed by atoms with Crippen LogP contribution in [0.1, 0.15) is 5.56 Å². The van der Waals surface area contributed by atoms with Crippen LogP contribution < -0.4 is 0 Å². The van der Waals surface area contributed by atoms with E-state index in [0.717, 1.165) is 9.79 Å². The van der Waals surface area contributed by atoms with Gasteiger partial charge in [-0.2, -0.15) is 5.26 Å². The van der Waals surface area contributed by atoms with Gasteiger partial charge in [-0.05, 0) is 30.3 Å². The van der Waals surface area contributed by atoms with E-state index in [1.165, 1.54) is 11.8 Å². The summed E-state index contributed by atoms with van der Waals surface area (Å²) in [6.07, 6.45) is 0. The lowest BCUT2D eigenvalue weighted by Gasteiger charge is -2.05. The number of phenols is 1. The molecule has 0 radical (unpaired) electrons. The van der Waals surface area contributed by atoms with Gasteiger partial charge in [0.2, 0.25) is 0 Å². The van der Waals surface area contributed by atoms with Crippen LogP contribution in [0.3, 0.4) is 0 Å². The second-order valence-electron chi connectivity index (χ2n) is 3.33. The third-order valence-corrected chi connectivity index (χ3v) is 3.71. The highest BCUT2D eigenvalue weighted by molar-refractivity contribution is 7.99. The molecule has 0 saturated heterocycles. The molecular weight excluding hydrogens is 254 g/mol. The van der Waals surface area contributed by atoms with Crippen LogP contribution in [-0.2, 0) is 0 Å². The predicted molar refractivity (Wildman–Crippen MR) is 68.4 cm³/mol. The number of nitriles is 1.